The number of fused-ring (bicyclic) bond motifs is 1. The lowest BCUT2D eigenvalue weighted by molar-refractivity contribution is 0.277. The highest BCUT2D eigenvalue weighted by molar-refractivity contribution is 5.89. The molecule has 3 rings (SSSR count). The maximum atomic E-state index is 14.0. The summed E-state index contributed by atoms with van der Waals surface area (Å²) in [6.45, 7) is 12.6. The summed E-state index contributed by atoms with van der Waals surface area (Å²) in [4.78, 5) is 14.0. The number of aryl methyl sites for hydroxylation is 1. The van der Waals surface area contributed by atoms with Gasteiger partial charge in [0.1, 0.15) is 19.0 Å². The average Bonchev–Trinajstić information content (AvgIpc) is 2.97. The molecule has 0 aliphatic heterocycles. The summed E-state index contributed by atoms with van der Waals surface area (Å²) >= 11 is 0. The monoisotopic (exact) mass is 559 g/mol. The van der Waals surface area contributed by atoms with E-state index in [1.807, 2.05) is 53.1 Å². The highest BCUT2D eigenvalue weighted by Gasteiger charge is 2.20. The first-order valence-corrected chi connectivity index (χ1v) is 15.4. The van der Waals surface area contributed by atoms with Gasteiger partial charge < -0.3 is 18.8 Å². The molecule has 0 aliphatic carbocycles. The van der Waals surface area contributed by atoms with Crippen molar-refractivity contribution >= 4 is 10.9 Å². The van der Waals surface area contributed by atoms with Crippen molar-refractivity contribution in [1.82, 2.24) is 4.57 Å². The summed E-state index contributed by atoms with van der Waals surface area (Å²) < 4.78 is 20.5. The van der Waals surface area contributed by atoms with E-state index >= 15 is 0 Å². The van der Waals surface area contributed by atoms with Crippen LogP contribution in [0.1, 0.15) is 91.5 Å². The first kappa shape index (κ1) is 32.0. The smallest absolute Gasteiger partial charge is 0.297 e. The Morgan fingerprint density at radius 2 is 1.61 bits per heavy atom. The van der Waals surface area contributed by atoms with Gasteiger partial charge in [0.15, 0.2) is 5.75 Å². The quantitative estimate of drug-likeness (QED) is 0.115. The van der Waals surface area contributed by atoms with Crippen LogP contribution in [-0.2, 0) is 13.2 Å². The highest BCUT2D eigenvalue weighted by Crippen LogP contribution is 2.35. The molecule has 0 N–H and O–H groups in total. The van der Waals surface area contributed by atoms with Crippen LogP contribution in [0, 0.1) is 0 Å². The van der Waals surface area contributed by atoms with Gasteiger partial charge in [-0.1, -0.05) is 87.1 Å². The van der Waals surface area contributed by atoms with Crippen molar-refractivity contribution < 1.29 is 14.2 Å². The molecule has 0 unspecified atom stereocenters. The second kappa shape index (κ2) is 17.4. The summed E-state index contributed by atoms with van der Waals surface area (Å²) in [7, 11) is 0. The fraction of sp³-hybridized carbons (Fsp3) is 0.472. The van der Waals surface area contributed by atoms with Crippen LogP contribution in [0.5, 0.6) is 17.2 Å². The zero-order chi connectivity index (χ0) is 29.5. The molecule has 0 atom stereocenters. The standard InChI is InChI=1S/C36H49NO4/c1-6-8-10-14-23-37-33-26-31(41-27-30-18-12-11-13-19-30)20-21-32(33)34(39-24-9-7-2)35(36(37)38)40-25-22-29(5)17-15-16-28(3)4/h11-13,16,18-22,26H,6-10,14-15,17,23-25,27H2,1-5H3/b29-22+. The van der Waals surface area contributed by atoms with E-state index in [4.69, 9.17) is 14.2 Å². The third-order valence-corrected chi connectivity index (χ3v) is 7.13. The first-order chi connectivity index (χ1) is 19.9. The molecule has 0 bridgehead atoms. The van der Waals surface area contributed by atoms with Gasteiger partial charge >= 0.3 is 0 Å². The molecule has 3 aromatic rings. The van der Waals surface area contributed by atoms with Crippen LogP contribution in [-0.4, -0.2) is 17.8 Å². The number of rotatable bonds is 18. The molecule has 5 heteroatoms. The van der Waals surface area contributed by atoms with Gasteiger partial charge in [-0.25, -0.2) is 0 Å². The van der Waals surface area contributed by atoms with Gasteiger partial charge in [-0.3, -0.25) is 4.79 Å². The zero-order valence-corrected chi connectivity index (χ0v) is 25.8. The predicted octanol–water partition coefficient (Wildman–Crippen LogP) is 9.41. The number of hydrogen-bond donors (Lipinski definition) is 0. The van der Waals surface area contributed by atoms with Gasteiger partial charge in [-0.05, 0) is 70.2 Å². The molecule has 0 aliphatic rings. The summed E-state index contributed by atoms with van der Waals surface area (Å²) in [5.74, 6) is 1.56. The molecule has 2 aromatic carbocycles. The number of benzene rings is 2. The minimum atomic E-state index is -0.142. The molecule has 0 saturated heterocycles. The molecular weight excluding hydrogens is 510 g/mol. The van der Waals surface area contributed by atoms with Crippen LogP contribution in [0.2, 0.25) is 0 Å². The van der Waals surface area contributed by atoms with E-state index in [0.29, 0.717) is 37.9 Å². The summed E-state index contributed by atoms with van der Waals surface area (Å²) in [5, 5.41) is 0.877. The van der Waals surface area contributed by atoms with E-state index in [1.165, 1.54) is 11.1 Å². The summed E-state index contributed by atoms with van der Waals surface area (Å²) in [6, 6.07) is 16.1. The molecule has 0 radical (unpaired) electrons. The van der Waals surface area contributed by atoms with E-state index in [0.717, 1.165) is 73.6 Å². The van der Waals surface area contributed by atoms with E-state index in [1.54, 1.807) is 0 Å². The van der Waals surface area contributed by atoms with Crippen molar-refractivity contribution in [3.05, 3.63) is 87.7 Å². The van der Waals surface area contributed by atoms with Crippen molar-refractivity contribution in [2.45, 2.75) is 99.1 Å². The molecule has 1 heterocycles. The Hall–Kier alpha value is -3.47. The summed E-state index contributed by atoms with van der Waals surface area (Å²) in [5.41, 5.74) is 4.35. The van der Waals surface area contributed by atoms with E-state index < -0.39 is 0 Å². The number of aromatic nitrogens is 1. The third-order valence-electron chi connectivity index (χ3n) is 7.13. The van der Waals surface area contributed by atoms with Crippen LogP contribution >= 0.6 is 0 Å². The largest absolute Gasteiger partial charge is 0.489 e. The van der Waals surface area contributed by atoms with Gasteiger partial charge in [-0.15, -0.1) is 0 Å². The van der Waals surface area contributed by atoms with Crippen molar-refractivity contribution in [1.29, 1.82) is 0 Å². The summed E-state index contributed by atoms with van der Waals surface area (Å²) in [6.07, 6.45) is 12.5. The molecule has 5 nitrogen and oxygen atoms in total. The van der Waals surface area contributed by atoms with Gasteiger partial charge in [0.2, 0.25) is 5.75 Å². The number of pyridine rings is 1. The lowest BCUT2D eigenvalue weighted by atomic mass is 10.1. The Kier molecular flexibility index (Phi) is 13.6. The Bertz CT molecular complexity index is 1330. The van der Waals surface area contributed by atoms with E-state index in [2.05, 4.69) is 46.8 Å². The minimum Gasteiger partial charge on any atom is -0.489 e. The van der Waals surface area contributed by atoms with Crippen LogP contribution < -0.4 is 19.8 Å². The lowest BCUT2D eigenvalue weighted by Crippen LogP contribution is -2.24. The third kappa shape index (κ3) is 10.1. The Balaban J connectivity index is 1.98. The Morgan fingerprint density at radius 1 is 0.829 bits per heavy atom. The van der Waals surface area contributed by atoms with Crippen molar-refractivity contribution in [2.75, 3.05) is 13.2 Å². The zero-order valence-electron chi connectivity index (χ0n) is 25.8. The molecule has 41 heavy (non-hydrogen) atoms. The van der Waals surface area contributed by atoms with Crippen molar-refractivity contribution in [3.63, 3.8) is 0 Å². The van der Waals surface area contributed by atoms with Gasteiger partial charge in [0.05, 0.1) is 12.1 Å². The fourth-order valence-electron chi connectivity index (χ4n) is 4.67. The predicted molar refractivity (Wildman–Crippen MR) is 171 cm³/mol. The van der Waals surface area contributed by atoms with Gasteiger partial charge in [0.25, 0.3) is 5.56 Å². The van der Waals surface area contributed by atoms with E-state index in [9.17, 15) is 4.79 Å². The number of unbranched alkanes of at least 4 members (excludes halogenated alkanes) is 4. The molecule has 0 spiro atoms. The maximum absolute atomic E-state index is 14.0. The molecular formula is C36H49NO4. The Labute approximate surface area is 246 Å². The molecule has 1 aromatic heterocycles. The van der Waals surface area contributed by atoms with Crippen molar-refractivity contribution in [2.24, 2.45) is 0 Å². The molecule has 0 saturated carbocycles. The Morgan fingerprint density at radius 3 is 2.34 bits per heavy atom. The topological polar surface area (TPSA) is 49.7 Å². The van der Waals surface area contributed by atoms with Crippen LogP contribution in [0.4, 0.5) is 0 Å². The maximum Gasteiger partial charge on any atom is 0.297 e. The number of nitrogens with zero attached hydrogens (tertiary/aromatic N) is 1. The normalized spacial score (nSPS) is 11.5. The average molecular weight is 560 g/mol. The van der Waals surface area contributed by atoms with Crippen LogP contribution in [0.3, 0.4) is 0 Å². The first-order valence-electron chi connectivity index (χ1n) is 15.4. The fourth-order valence-corrected chi connectivity index (χ4v) is 4.67. The lowest BCUT2D eigenvalue weighted by Gasteiger charge is -2.19. The number of hydrogen-bond acceptors (Lipinski definition) is 4. The van der Waals surface area contributed by atoms with Gasteiger partial charge in [-0.2, -0.15) is 0 Å². The van der Waals surface area contributed by atoms with Crippen LogP contribution in [0.15, 0.2) is 76.6 Å². The molecule has 222 valence electrons. The molecule has 0 fully saturated rings. The second-order valence-corrected chi connectivity index (χ2v) is 11.0. The molecule has 0 amide bonds. The number of allylic oxidation sites excluding steroid dienone is 3. The minimum absolute atomic E-state index is 0.142. The number of ether oxygens (including phenoxy) is 3. The van der Waals surface area contributed by atoms with Gasteiger partial charge in [0, 0.05) is 18.0 Å². The van der Waals surface area contributed by atoms with E-state index in [-0.39, 0.29) is 5.56 Å². The van der Waals surface area contributed by atoms with Crippen LogP contribution in [0.25, 0.3) is 10.9 Å². The SMILES string of the molecule is CCCCCCn1c(=O)c(OC/C=C(\C)CCC=C(C)C)c(OCCCC)c2ccc(OCc3ccccc3)cc21. The highest BCUT2D eigenvalue weighted by atomic mass is 16.5. The second-order valence-electron chi connectivity index (χ2n) is 11.0. The van der Waals surface area contributed by atoms with Crippen molar-refractivity contribution in [3.8, 4) is 17.2 Å².